The minimum Gasteiger partial charge on any atom is -0.332 e. The Balaban J connectivity index is 2.09. The van der Waals surface area contributed by atoms with Crippen LogP contribution in [0.3, 0.4) is 0 Å². The number of hydrogen-bond acceptors (Lipinski definition) is 2. The van der Waals surface area contributed by atoms with Crippen LogP contribution in [0.2, 0.25) is 0 Å². The van der Waals surface area contributed by atoms with Gasteiger partial charge in [-0.15, -0.1) is 0 Å². The maximum atomic E-state index is 13.7. The van der Waals surface area contributed by atoms with Crippen molar-refractivity contribution in [2.45, 2.75) is 6.92 Å². The zero-order valence-electron chi connectivity index (χ0n) is 11.4. The van der Waals surface area contributed by atoms with Crippen LogP contribution in [0.1, 0.15) is 17.3 Å². The lowest BCUT2D eigenvalue weighted by Gasteiger charge is -2.13. The van der Waals surface area contributed by atoms with E-state index in [0.717, 1.165) is 12.1 Å². The van der Waals surface area contributed by atoms with Crippen LogP contribution in [0.25, 0.3) is 0 Å². The maximum absolute atomic E-state index is 13.7. The number of nitrogens with one attached hydrogen (secondary N) is 2. The molecule has 22 heavy (non-hydrogen) atoms. The van der Waals surface area contributed by atoms with Crippen molar-refractivity contribution >= 4 is 50.4 Å². The van der Waals surface area contributed by atoms with Gasteiger partial charge < -0.3 is 10.6 Å². The second-order valence-electron chi connectivity index (χ2n) is 4.46. The minimum atomic E-state index is -0.761. The number of carbonyl (C=O) groups is 1. The second-order valence-corrected chi connectivity index (χ2v) is 5.72. The van der Waals surface area contributed by atoms with E-state index in [9.17, 15) is 13.6 Å². The van der Waals surface area contributed by atoms with Crippen molar-refractivity contribution in [1.29, 1.82) is 0 Å². The fourth-order valence-corrected chi connectivity index (χ4v) is 2.45. The van der Waals surface area contributed by atoms with Gasteiger partial charge in [0.1, 0.15) is 5.82 Å². The van der Waals surface area contributed by atoms with Gasteiger partial charge in [-0.1, -0.05) is 0 Å². The molecule has 2 N–H and O–H groups in total. The zero-order chi connectivity index (χ0) is 16.3. The Kier molecular flexibility index (Phi) is 5.20. The topological polar surface area (TPSA) is 41.1 Å². The van der Waals surface area contributed by atoms with Gasteiger partial charge in [-0.2, -0.15) is 0 Å². The molecular weight excluding hydrogens is 374 g/mol. The Morgan fingerprint density at radius 2 is 1.77 bits per heavy atom. The van der Waals surface area contributed by atoms with Crippen LogP contribution in [-0.2, 0) is 0 Å². The van der Waals surface area contributed by atoms with E-state index in [1.165, 1.54) is 6.92 Å². The fourth-order valence-electron chi connectivity index (χ4n) is 1.73. The van der Waals surface area contributed by atoms with Gasteiger partial charge in [-0.25, -0.2) is 8.78 Å². The van der Waals surface area contributed by atoms with Crippen molar-refractivity contribution in [3.63, 3.8) is 0 Å². The third kappa shape index (κ3) is 4.08. The lowest BCUT2D eigenvalue weighted by atomic mass is 10.1. The fraction of sp³-hybridized carbons (Fsp3) is 0.0667. The van der Waals surface area contributed by atoms with Gasteiger partial charge in [0.25, 0.3) is 0 Å². The molecule has 0 saturated heterocycles. The Hall–Kier alpha value is -1.86. The van der Waals surface area contributed by atoms with Gasteiger partial charge in [0.05, 0.1) is 5.69 Å². The molecule has 0 bridgehead atoms. The molecule has 0 fully saturated rings. The molecule has 114 valence electrons. The number of thiocarbonyl (C=S) groups is 1. The first-order valence-corrected chi connectivity index (χ1v) is 7.40. The quantitative estimate of drug-likeness (QED) is 0.592. The second kappa shape index (κ2) is 6.93. The Morgan fingerprint density at radius 3 is 2.32 bits per heavy atom. The summed E-state index contributed by atoms with van der Waals surface area (Å²) in [5.74, 6) is -1.49. The number of benzene rings is 2. The normalized spacial score (nSPS) is 10.2. The standard InChI is InChI=1S/C15H11BrF2N2OS/c1-8(21)9-2-4-11(5-3-9)19-15(22)20-14-12(16)6-10(17)7-13(14)18/h2-7H,1H3,(H2,19,20,22). The molecule has 0 aliphatic heterocycles. The van der Waals surface area contributed by atoms with Gasteiger partial charge >= 0.3 is 0 Å². The summed E-state index contributed by atoms with van der Waals surface area (Å²) < 4.78 is 26.9. The monoisotopic (exact) mass is 384 g/mol. The number of hydrogen-bond donors (Lipinski definition) is 2. The summed E-state index contributed by atoms with van der Waals surface area (Å²) >= 11 is 8.15. The van der Waals surface area contributed by atoms with Crippen LogP contribution in [0.4, 0.5) is 20.2 Å². The van der Waals surface area contributed by atoms with Crippen LogP contribution in [0.15, 0.2) is 40.9 Å². The van der Waals surface area contributed by atoms with Gasteiger partial charge in [-0.05, 0) is 65.4 Å². The first-order valence-electron chi connectivity index (χ1n) is 6.20. The molecule has 0 unspecified atom stereocenters. The van der Waals surface area contributed by atoms with Gasteiger partial charge in [0.15, 0.2) is 16.7 Å². The van der Waals surface area contributed by atoms with Crippen molar-refractivity contribution in [2.75, 3.05) is 10.6 Å². The molecule has 2 aromatic rings. The third-order valence-corrected chi connectivity index (χ3v) is 3.62. The molecule has 0 saturated carbocycles. The molecule has 2 rings (SSSR count). The van der Waals surface area contributed by atoms with Crippen LogP contribution in [-0.4, -0.2) is 10.9 Å². The molecule has 0 aliphatic rings. The molecule has 0 radical (unpaired) electrons. The molecule has 0 spiro atoms. The zero-order valence-corrected chi connectivity index (χ0v) is 13.8. The predicted octanol–water partition coefficient (Wildman–Crippen LogP) is 4.74. The molecular formula is C15H11BrF2N2OS. The van der Waals surface area contributed by atoms with Gasteiger partial charge in [0.2, 0.25) is 0 Å². The lowest BCUT2D eigenvalue weighted by molar-refractivity contribution is 0.101. The Bertz CT molecular complexity index is 712. The smallest absolute Gasteiger partial charge is 0.175 e. The van der Waals surface area contributed by atoms with E-state index in [1.807, 2.05) is 0 Å². The number of Topliss-reactive ketones (excluding diaryl/α,β-unsaturated/α-hetero) is 1. The summed E-state index contributed by atoms with van der Waals surface area (Å²) in [5.41, 5.74) is 1.26. The van der Waals surface area contributed by atoms with Crippen molar-refractivity contribution < 1.29 is 13.6 Å². The molecule has 3 nitrogen and oxygen atoms in total. The average molecular weight is 385 g/mol. The SMILES string of the molecule is CC(=O)c1ccc(NC(=S)Nc2c(F)cc(F)cc2Br)cc1. The first-order chi connectivity index (χ1) is 10.4. The summed E-state index contributed by atoms with van der Waals surface area (Å²) in [6.07, 6.45) is 0. The number of ketones is 1. The van der Waals surface area contributed by atoms with E-state index in [4.69, 9.17) is 12.2 Å². The summed E-state index contributed by atoms with van der Waals surface area (Å²) in [6, 6.07) is 8.57. The number of carbonyl (C=O) groups excluding carboxylic acids is 1. The number of halogens is 3. The summed E-state index contributed by atoms with van der Waals surface area (Å²) in [4.78, 5) is 11.2. The highest BCUT2D eigenvalue weighted by molar-refractivity contribution is 9.10. The predicted molar refractivity (Wildman–Crippen MR) is 90.3 cm³/mol. The van der Waals surface area contributed by atoms with Gasteiger partial charge in [-0.3, -0.25) is 4.79 Å². The highest BCUT2D eigenvalue weighted by Crippen LogP contribution is 2.27. The molecule has 2 aromatic carbocycles. The molecule has 0 atom stereocenters. The van der Waals surface area contributed by atoms with Crippen LogP contribution in [0, 0.1) is 11.6 Å². The highest BCUT2D eigenvalue weighted by Gasteiger charge is 2.11. The van der Waals surface area contributed by atoms with E-state index in [1.54, 1.807) is 24.3 Å². The van der Waals surface area contributed by atoms with Crippen molar-refractivity contribution in [3.8, 4) is 0 Å². The van der Waals surface area contributed by atoms with E-state index >= 15 is 0 Å². The Labute approximate surface area is 139 Å². The van der Waals surface area contributed by atoms with Crippen molar-refractivity contribution in [2.24, 2.45) is 0 Å². The number of anilines is 2. The summed E-state index contributed by atoms with van der Waals surface area (Å²) in [6.45, 7) is 1.48. The van der Waals surface area contributed by atoms with E-state index in [2.05, 4.69) is 26.6 Å². The van der Waals surface area contributed by atoms with E-state index in [-0.39, 0.29) is 21.1 Å². The van der Waals surface area contributed by atoms with E-state index < -0.39 is 11.6 Å². The molecule has 7 heteroatoms. The Morgan fingerprint density at radius 1 is 1.14 bits per heavy atom. The van der Waals surface area contributed by atoms with Gasteiger partial charge in [0, 0.05) is 21.8 Å². The molecule has 0 aromatic heterocycles. The first kappa shape index (κ1) is 16.5. The number of rotatable bonds is 3. The average Bonchev–Trinajstić information content (AvgIpc) is 2.43. The highest BCUT2D eigenvalue weighted by atomic mass is 79.9. The van der Waals surface area contributed by atoms with Crippen LogP contribution < -0.4 is 10.6 Å². The minimum absolute atomic E-state index is 0.0374. The molecule has 0 heterocycles. The molecule has 0 amide bonds. The summed E-state index contributed by atoms with van der Waals surface area (Å²) in [7, 11) is 0. The molecule has 0 aliphatic carbocycles. The third-order valence-electron chi connectivity index (χ3n) is 2.79. The van der Waals surface area contributed by atoms with Crippen LogP contribution in [0.5, 0.6) is 0 Å². The van der Waals surface area contributed by atoms with Crippen molar-refractivity contribution in [1.82, 2.24) is 0 Å². The van der Waals surface area contributed by atoms with Crippen LogP contribution >= 0.6 is 28.1 Å². The largest absolute Gasteiger partial charge is 0.332 e. The maximum Gasteiger partial charge on any atom is 0.175 e. The lowest BCUT2D eigenvalue weighted by Crippen LogP contribution is -2.20. The summed E-state index contributed by atoms with van der Waals surface area (Å²) in [5, 5.41) is 5.65. The van der Waals surface area contributed by atoms with E-state index in [0.29, 0.717) is 11.3 Å². The van der Waals surface area contributed by atoms with Crippen molar-refractivity contribution in [3.05, 3.63) is 58.1 Å².